The molecule has 96 valence electrons. The van der Waals surface area contributed by atoms with Gasteiger partial charge in [-0.3, -0.25) is 4.79 Å². The molecule has 0 aromatic carbocycles. The van der Waals surface area contributed by atoms with Crippen LogP contribution >= 0.6 is 11.3 Å². The van der Waals surface area contributed by atoms with Crippen LogP contribution in [0.2, 0.25) is 0 Å². The minimum Gasteiger partial charge on any atom is -0.337 e. The van der Waals surface area contributed by atoms with Gasteiger partial charge in [-0.15, -0.1) is 11.3 Å². The van der Waals surface area contributed by atoms with Gasteiger partial charge in [-0.05, 0) is 39.1 Å². The first-order valence-electron chi connectivity index (χ1n) is 6.06. The minimum atomic E-state index is 0.173. The average Bonchev–Trinajstić information content (AvgIpc) is 2.69. The van der Waals surface area contributed by atoms with Crippen LogP contribution in [0.25, 0.3) is 0 Å². The summed E-state index contributed by atoms with van der Waals surface area (Å²) >= 11 is 1.71. The highest BCUT2D eigenvalue weighted by atomic mass is 32.1. The van der Waals surface area contributed by atoms with Crippen molar-refractivity contribution in [1.29, 1.82) is 0 Å². The van der Waals surface area contributed by atoms with Crippen LogP contribution in [0.1, 0.15) is 32.6 Å². The van der Waals surface area contributed by atoms with E-state index in [0.717, 1.165) is 6.54 Å². The molecular formula is C13H22N2OS. The Morgan fingerprint density at radius 3 is 2.47 bits per heavy atom. The molecule has 0 fully saturated rings. The molecule has 1 rings (SSSR count). The van der Waals surface area contributed by atoms with Crippen LogP contribution in [0.3, 0.4) is 0 Å². The molecule has 17 heavy (non-hydrogen) atoms. The van der Waals surface area contributed by atoms with Crippen LogP contribution in [0.5, 0.6) is 0 Å². The van der Waals surface area contributed by atoms with E-state index in [2.05, 4.69) is 39.1 Å². The van der Waals surface area contributed by atoms with Gasteiger partial charge in [-0.2, -0.15) is 0 Å². The van der Waals surface area contributed by atoms with Crippen molar-refractivity contribution in [3.8, 4) is 0 Å². The van der Waals surface area contributed by atoms with Gasteiger partial charge in [-0.1, -0.05) is 6.07 Å². The smallest absolute Gasteiger partial charge is 0.236 e. The summed E-state index contributed by atoms with van der Waals surface area (Å²) in [5, 5.41) is 5.25. The van der Waals surface area contributed by atoms with Crippen molar-refractivity contribution in [2.45, 2.75) is 46.3 Å². The number of hydrogen-bond donors (Lipinski definition) is 1. The molecule has 0 unspecified atom stereocenters. The Balaban J connectivity index is 2.37. The third kappa shape index (κ3) is 4.48. The van der Waals surface area contributed by atoms with Crippen LogP contribution in [0, 0.1) is 0 Å². The van der Waals surface area contributed by atoms with Crippen molar-refractivity contribution in [2.24, 2.45) is 0 Å². The summed E-state index contributed by atoms with van der Waals surface area (Å²) in [6.45, 7) is 9.39. The zero-order valence-corrected chi connectivity index (χ0v) is 11.9. The third-order valence-electron chi connectivity index (χ3n) is 2.56. The van der Waals surface area contributed by atoms with Crippen molar-refractivity contribution < 1.29 is 4.79 Å². The van der Waals surface area contributed by atoms with E-state index in [4.69, 9.17) is 0 Å². The third-order valence-corrected chi connectivity index (χ3v) is 3.43. The Labute approximate surface area is 108 Å². The lowest BCUT2D eigenvalue weighted by Crippen LogP contribution is -2.46. The lowest BCUT2D eigenvalue weighted by Gasteiger charge is -2.30. The van der Waals surface area contributed by atoms with Gasteiger partial charge in [-0.25, -0.2) is 0 Å². The summed E-state index contributed by atoms with van der Waals surface area (Å²) in [6, 6.07) is 4.61. The lowest BCUT2D eigenvalue weighted by atomic mass is 10.2. The predicted molar refractivity (Wildman–Crippen MR) is 73.1 cm³/mol. The fraction of sp³-hybridized carbons (Fsp3) is 0.615. The van der Waals surface area contributed by atoms with Gasteiger partial charge in [0, 0.05) is 23.5 Å². The molecule has 1 N–H and O–H groups in total. The first-order valence-corrected chi connectivity index (χ1v) is 6.94. The summed E-state index contributed by atoms with van der Waals surface area (Å²) < 4.78 is 0. The van der Waals surface area contributed by atoms with Gasteiger partial charge in [0.15, 0.2) is 0 Å². The van der Waals surface area contributed by atoms with E-state index in [1.165, 1.54) is 4.88 Å². The van der Waals surface area contributed by atoms with Crippen LogP contribution in [-0.2, 0) is 11.3 Å². The second-order valence-corrected chi connectivity index (χ2v) is 5.70. The van der Waals surface area contributed by atoms with Crippen LogP contribution < -0.4 is 5.32 Å². The zero-order chi connectivity index (χ0) is 12.8. The van der Waals surface area contributed by atoms with Gasteiger partial charge in [0.1, 0.15) is 0 Å². The van der Waals surface area contributed by atoms with E-state index >= 15 is 0 Å². The van der Waals surface area contributed by atoms with Gasteiger partial charge in [0.25, 0.3) is 0 Å². The zero-order valence-electron chi connectivity index (χ0n) is 11.1. The number of carbonyl (C=O) groups is 1. The number of rotatable bonds is 6. The topological polar surface area (TPSA) is 32.3 Å². The second-order valence-electron chi connectivity index (χ2n) is 4.67. The maximum Gasteiger partial charge on any atom is 0.236 e. The molecule has 0 saturated carbocycles. The molecule has 0 aliphatic carbocycles. The highest BCUT2D eigenvalue weighted by molar-refractivity contribution is 7.09. The van der Waals surface area contributed by atoms with E-state index in [9.17, 15) is 4.79 Å². The molecule has 0 saturated heterocycles. The van der Waals surface area contributed by atoms with Gasteiger partial charge < -0.3 is 10.2 Å². The normalized spacial score (nSPS) is 11.2. The minimum absolute atomic E-state index is 0.173. The first-order chi connectivity index (χ1) is 8.02. The van der Waals surface area contributed by atoms with Crippen molar-refractivity contribution in [2.75, 3.05) is 6.54 Å². The molecule has 1 aromatic rings. The number of nitrogens with zero attached hydrogens (tertiary/aromatic N) is 1. The summed E-state index contributed by atoms with van der Waals surface area (Å²) in [6.07, 6.45) is 0. The number of amides is 1. The van der Waals surface area contributed by atoms with Crippen LogP contribution in [0.15, 0.2) is 17.5 Å². The van der Waals surface area contributed by atoms with Crippen molar-refractivity contribution in [3.05, 3.63) is 22.4 Å². The highest BCUT2D eigenvalue weighted by Gasteiger charge is 2.19. The van der Waals surface area contributed by atoms with Crippen LogP contribution in [-0.4, -0.2) is 29.4 Å². The van der Waals surface area contributed by atoms with Crippen molar-refractivity contribution in [1.82, 2.24) is 10.2 Å². The molecule has 0 atom stereocenters. The fourth-order valence-electron chi connectivity index (χ4n) is 1.97. The van der Waals surface area contributed by atoms with E-state index < -0.39 is 0 Å². The number of hydrogen-bond acceptors (Lipinski definition) is 3. The van der Waals surface area contributed by atoms with Gasteiger partial charge >= 0.3 is 0 Å². The van der Waals surface area contributed by atoms with Gasteiger partial charge in [0.05, 0.1) is 6.54 Å². The quantitative estimate of drug-likeness (QED) is 0.846. The second kappa shape index (κ2) is 6.77. The standard InChI is InChI=1S/C13H22N2OS/c1-10(2)15(11(3)4)13(16)9-14-8-12-6-5-7-17-12/h5-7,10-11,14H,8-9H2,1-4H3. The molecule has 0 radical (unpaired) electrons. The Hall–Kier alpha value is -0.870. The van der Waals surface area contributed by atoms with E-state index in [1.54, 1.807) is 11.3 Å². The molecule has 0 spiro atoms. The molecule has 3 nitrogen and oxygen atoms in total. The maximum absolute atomic E-state index is 12.0. The monoisotopic (exact) mass is 254 g/mol. The Kier molecular flexibility index (Phi) is 5.65. The number of nitrogens with one attached hydrogen (secondary N) is 1. The largest absolute Gasteiger partial charge is 0.337 e. The number of carbonyl (C=O) groups excluding carboxylic acids is 1. The first kappa shape index (κ1) is 14.2. The van der Waals surface area contributed by atoms with Crippen LogP contribution in [0.4, 0.5) is 0 Å². The Morgan fingerprint density at radius 2 is 2.00 bits per heavy atom. The molecule has 1 heterocycles. The van der Waals surface area contributed by atoms with Crippen molar-refractivity contribution in [3.63, 3.8) is 0 Å². The van der Waals surface area contributed by atoms with E-state index in [1.807, 2.05) is 16.3 Å². The number of thiophene rings is 1. The Bertz CT molecular complexity index is 325. The maximum atomic E-state index is 12.0. The molecule has 4 heteroatoms. The summed E-state index contributed by atoms with van der Waals surface area (Å²) in [7, 11) is 0. The van der Waals surface area contributed by atoms with E-state index in [-0.39, 0.29) is 18.0 Å². The Morgan fingerprint density at radius 1 is 1.35 bits per heavy atom. The highest BCUT2D eigenvalue weighted by Crippen LogP contribution is 2.08. The summed E-state index contributed by atoms with van der Waals surface area (Å²) in [5.41, 5.74) is 0. The summed E-state index contributed by atoms with van der Waals surface area (Å²) in [4.78, 5) is 15.2. The summed E-state index contributed by atoms with van der Waals surface area (Å²) in [5.74, 6) is 0.173. The van der Waals surface area contributed by atoms with Crippen molar-refractivity contribution >= 4 is 17.2 Å². The van der Waals surface area contributed by atoms with Gasteiger partial charge in [0.2, 0.25) is 5.91 Å². The molecule has 0 aliphatic rings. The average molecular weight is 254 g/mol. The van der Waals surface area contributed by atoms with E-state index in [0.29, 0.717) is 6.54 Å². The molecule has 1 amide bonds. The predicted octanol–water partition coefficient (Wildman–Crippen LogP) is 2.48. The fourth-order valence-corrected chi connectivity index (χ4v) is 2.64. The molecule has 0 aliphatic heterocycles. The molecule has 1 aromatic heterocycles. The SMILES string of the molecule is CC(C)N(C(=O)CNCc1cccs1)C(C)C. The molecule has 0 bridgehead atoms. The molecular weight excluding hydrogens is 232 g/mol. The lowest BCUT2D eigenvalue weighted by molar-refractivity contribution is -0.133.